The Kier molecular flexibility index (Phi) is 3.88. The highest BCUT2D eigenvalue weighted by Crippen LogP contribution is 2.31. The first-order valence-electron chi connectivity index (χ1n) is 6.91. The second-order valence-electron chi connectivity index (χ2n) is 4.76. The molecule has 1 heterocycles. The van der Waals surface area contributed by atoms with E-state index in [4.69, 9.17) is 16.2 Å². The van der Waals surface area contributed by atoms with E-state index in [-0.39, 0.29) is 17.4 Å². The summed E-state index contributed by atoms with van der Waals surface area (Å²) in [6.45, 7) is 0. The molecule has 23 heavy (non-hydrogen) atoms. The molecule has 0 aliphatic heterocycles. The average molecular weight is 306 g/mol. The van der Waals surface area contributed by atoms with Crippen LogP contribution >= 0.6 is 0 Å². The van der Waals surface area contributed by atoms with Gasteiger partial charge in [-0.1, -0.05) is 48.5 Å². The molecule has 0 saturated heterocycles. The number of carbonyl (C=O) groups excluding carboxylic acids is 1. The van der Waals surface area contributed by atoms with Crippen molar-refractivity contribution in [2.45, 2.75) is 0 Å². The maximum atomic E-state index is 11.9. The molecule has 0 bridgehead atoms. The van der Waals surface area contributed by atoms with Gasteiger partial charge in [0.05, 0.1) is 5.69 Å². The first-order valence-corrected chi connectivity index (χ1v) is 6.91. The Balaban J connectivity index is 2.16. The molecule has 0 fully saturated rings. The van der Waals surface area contributed by atoms with E-state index in [9.17, 15) is 4.79 Å². The first kappa shape index (κ1) is 14.5. The van der Waals surface area contributed by atoms with E-state index >= 15 is 0 Å². The van der Waals surface area contributed by atoms with Crippen molar-refractivity contribution in [3.05, 3.63) is 66.2 Å². The van der Waals surface area contributed by atoms with Gasteiger partial charge < -0.3 is 16.2 Å². The maximum absolute atomic E-state index is 11.9. The smallest absolute Gasteiger partial charge is 0.256 e. The lowest BCUT2D eigenvalue weighted by Gasteiger charge is -2.12. The number of nitrogen functional groups attached to an aromatic ring is 1. The SMILES string of the molecule is NC(=O)c1c(Oc2ccccc2)nc(N)nc1-c1ccccc1. The number of aromatic nitrogens is 2. The van der Waals surface area contributed by atoms with Crippen LogP contribution in [0.1, 0.15) is 10.4 Å². The van der Waals surface area contributed by atoms with Crippen molar-refractivity contribution >= 4 is 11.9 Å². The molecule has 6 heteroatoms. The summed E-state index contributed by atoms with van der Waals surface area (Å²) in [5.41, 5.74) is 12.4. The van der Waals surface area contributed by atoms with Crippen LogP contribution in [0.3, 0.4) is 0 Å². The number of nitrogens with two attached hydrogens (primary N) is 2. The molecule has 0 atom stereocenters. The monoisotopic (exact) mass is 306 g/mol. The Morgan fingerprint density at radius 1 is 0.913 bits per heavy atom. The van der Waals surface area contributed by atoms with Crippen molar-refractivity contribution in [1.82, 2.24) is 9.97 Å². The summed E-state index contributed by atoms with van der Waals surface area (Å²) >= 11 is 0. The van der Waals surface area contributed by atoms with Crippen LogP contribution in [0.2, 0.25) is 0 Å². The molecule has 0 spiro atoms. The van der Waals surface area contributed by atoms with Crippen molar-refractivity contribution < 1.29 is 9.53 Å². The van der Waals surface area contributed by atoms with Gasteiger partial charge in [-0.2, -0.15) is 4.98 Å². The highest BCUT2D eigenvalue weighted by molar-refractivity contribution is 6.01. The predicted molar refractivity (Wildman–Crippen MR) is 86.9 cm³/mol. The number of para-hydroxylation sites is 1. The van der Waals surface area contributed by atoms with Crippen molar-refractivity contribution in [2.75, 3.05) is 5.73 Å². The minimum Gasteiger partial charge on any atom is -0.438 e. The number of carbonyl (C=O) groups is 1. The van der Waals surface area contributed by atoms with Crippen LogP contribution in [0.25, 0.3) is 11.3 Å². The summed E-state index contributed by atoms with van der Waals surface area (Å²) in [6, 6.07) is 18.1. The number of benzene rings is 2. The lowest BCUT2D eigenvalue weighted by Crippen LogP contribution is -2.16. The molecule has 114 valence electrons. The molecular weight excluding hydrogens is 292 g/mol. The number of anilines is 1. The third-order valence-electron chi connectivity index (χ3n) is 3.14. The van der Waals surface area contributed by atoms with Gasteiger partial charge in [0, 0.05) is 5.56 Å². The van der Waals surface area contributed by atoms with Gasteiger partial charge in [0.1, 0.15) is 11.3 Å². The molecular formula is C17H14N4O2. The van der Waals surface area contributed by atoms with Gasteiger partial charge in [0.25, 0.3) is 5.91 Å². The van der Waals surface area contributed by atoms with E-state index in [1.165, 1.54) is 0 Å². The molecule has 0 unspecified atom stereocenters. The van der Waals surface area contributed by atoms with Gasteiger partial charge in [-0.05, 0) is 12.1 Å². The van der Waals surface area contributed by atoms with Crippen LogP contribution in [0.4, 0.5) is 5.95 Å². The Morgan fingerprint density at radius 2 is 1.52 bits per heavy atom. The van der Waals surface area contributed by atoms with Crippen molar-refractivity contribution in [3.8, 4) is 22.9 Å². The van der Waals surface area contributed by atoms with E-state index in [1.54, 1.807) is 24.3 Å². The number of hydrogen-bond donors (Lipinski definition) is 2. The second kappa shape index (κ2) is 6.15. The fraction of sp³-hybridized carbons (Fsp3) is 0. The highest BCUT2D eigenvalue weighted by Gasteiger charge is 2.21. The largest absolute Gasteiger partial charge is 0.438 e. The minimum absolute atomic E-state index is 0.000200. The third kappa shape index (κ3) is 3.11. The van der Waals surface area contributed by atoms with Gasteiger partial charge in [-0.15, -0.1) is 0 Å². The molecule has 2 aromatic carbocycles. The Labute approximate surface area is 132 Å². The zero-order chi connectivity index (χ0) is 16.2. The zero-order valence-corrected chi connectivity index (χ0v) is 12.1. The lowest BCUT2D eigenvalue weighted by atomic mass is 10.1. The number of rotatable bonds is 4. The molecule has 0 aliphatic rings. The number of ether oxygens (including phenoxy) is 1. The Morgan fingerprint density at radius 3 is 2.13 bits per heavy atom. The van der Waals surface area contributed by atoms with Gasteiger partial charge in [0.2, 0.25) is 11.8 Å². The molecule has 4 N–H and O–H groups in total. The van der Waals surface area contributed by atoms with Gasteiger partial charge in [0.15, 0.2) is 0 Å². The molecule has 6 nitrogen and oxygen atoms in total. The normalized spacial score (nSPS) is 10.3. The first-order chi connectivity index (χ1) is 11.1. The number of hydrogen-bond acceptors (Lipinski definition) is 5. The molecule has 3 rings (SSSR count). The quantitative estimate of drug-likeness (QED) is 0.771. The summed E-state index contributed by atoms with van der Waals surface area (Å²) in [6.07, 6.45) is 0. The fourth-order valence-electron chi connectivity index (χ4n) is 2.16. The van der Waals surface area contributed by atoms with E-state index in [2.05, 4.69) is 9.97 Å². The lowest BCUT2D eigenvalue weighted by molar-refractivity contribution is 0.0998. The third-order valence-corrected chi connectivity index (χ3v) is 3.14. The number of amides is 1. The Hall–Kier alpha value is -3.41. The number of primary amides is 1. The van der Waals surface area contributed by atoms with Crippen LogP contribution in [0.15, 0.2) is 60.7 Å². The molecule has 3 aromatic rings. The summed E-state index contributed by atoms with van der Waals surface area (Å²) in [5, 5.41) is 0. The summed E-state index contributed by atoms with van der Waals surface area (Å²) in [5.74, 6) is -0.128. The predicted octanol–water partition coefficient (Wildman–Crippen LogP) is 2.62. The summed E-state index contributed by atoms with van der Waals surface area (Å²) < 4.78 is 5.68. The topological polar surface area (TPSA) is 104 Å². The molecule has 0 radical (unpaired) electrons. The van der Waals surface area contributed by atoms with Crippen molar-refractivity contribution in [3.63, 3.8) is 0 Å². The van der Waals surface area contributed by atoms with E-state index in [1.807, 2.05) is 36.4 Å². The molecule has 0 aliphatic carbocycles. The Bertz CT molecular complexity index is 836. The molecule has 1 amide bonds. The van der Waals surface area contributed by atoms with E-state index < -0.39 is 5.91 Å². The molecule has 0 saturated carbocycles. The summed E-state index contributed by atoms with van der Waals surface area (Å²) in [7, 11) is 0. The zero-order valence-electron chi connectivity index (χ0n) is 12.1. The summed E-state index contributed by atoms with van der Waals surface area (Å²) in [4.78, 5) is 20.1. The highest BCUT2D eigenvalue weighted by atomic mass is 16.5. The van der Waals surface area contributed by atoms with E-state index in [0.29, 0.717) is 17.0 Å². The van der Waals surface area contributed by atoms with Crippen molar-refractivity contribution in [1.29, 1.82) is 0 Å². The van der Waals surface area contributed by atoms with Crippen LogP contribution < -0.4 is 16.2 Å². The van der Waals surface area contributed by atoms with Gasteiger partial charge in [-0.3, -0.25) is 4.79 Å². The second-order valence-corrected chi connectivity index (χ2v) is 4.76. The standard InChI is InChI=1S/C17H14N4O2/c18-15(22)13-14(11-7-3-1-4-8-11)20-17(19)21-16(13)23-12-9-5-2-6-10-12/h1-10H,(H2,18,22)(H2,19,20,21). The fourth-order valence-corrected chi connectivity index (χ4v) is 2.16. The maximum Gasteiger partial charge on any atom is 0.256 e. The van der Waals surface area contributed by atoms with Crippen LogP contribution in [-0.2, 0) is 0 Å². The van der Waals surface area contributed by atoms with Gasteiger partial charge in [-0.25, -0.2) is 4.98 Å². The number of nitrogens with zero attached hydrogens (tertiary/aromatic N) is 2. The molecule has 1 aromatic heterocycles. The minimum atomic E-state index is -0.685. The van der Waals surface area contributed by atoms with E-state index in [0.717, 1.165) is 0 Å². The van der Waals surface area contributed by atoms with Gasteiger partial charge >= 0.3 is 0 Å². The van der Waals surface area contributed by atoms with Crippen LogP contribution in [0.5, 0.6) is 11.6 Å². The van der Waals surface area contributed by atoms with Crippen LogP contribution in [0, 0.1) is 0 Å². The average Bonchev–Trinajstić information content (AvgIpc) is 2.55. The van der Waals surface area contributed by atoms with Crippen LogP contribution in [-0.4, -0.2) is 15.9 Å². The van der Waals surface area contributed by atoms with Crippen molar-refractivity contribution in [2.24, 2.45) is 5.73 Å².